The smallest absolute Gasteiger partial charge is 0.317 e. The number of aromatic nitrogens is 2. The lowest BCUT2D eigenvalue weighted by molar-refractivity contribution is -0.146. The van der Waals surface area contributed by atoms with Crippen molar-refractivity contribution in [2.75, 3.05) is 13.1 Å². The van der Waals surface area contributed by atoms with E-state index in [1.807, 2.05) is 0 Å². The number of amides is 2. The monoisotopic (exact) mass is 268 g/mol. The molecule has 1 aromatic heterocycles. The third-order valence-corrected chi connectivity index (χ3v) is 3.24. The molecule has 1 aliphatic heterocycles. The highest BCUT2D eigenvalue weighted by molar-refractivity contribution is 5.79. The number of urea groups is 1. The number of aliphatic carboxylic acids is 1. The Bertz CT molecular complexity index is 501. The first-order valence-corrected chi connectivity index (χ1v) is 5.96. The number of likely N-dealkylation sites (tertiary alicyclic amines) is 1. The van der Waals surface area contributed by atoms with Crippen LogP contribution in [0.5, 0.6) is 0 Å². The molecule has 19 heavy (non-hydrogen) atoms. The van der Waals surface area contributed by atoms with Gasteiger partial charge in [-0.3, -0.25) is 4.79 Å². The van der Waals surface area contributed by atoms with Gasteiger partial charge >= 0.3 is 12.0 Å². The van der Waals surface area contributed by atoms with Crippen LogP contribution < -0.4 is 5.32 Å². The van der Waals surface area contributed by atoms with Crippen LogP contribution in [0, 0.1) is 12.3 Å². The van der Waals surface area contributed by atoms with Gasteiger partial charge in [0.1, 0.15) is 0 Å². The van der Waals surface area contributed by atoms with E-state index in [0.29, 0.717) is 24.7 Å². The van der Waals surface area contributed by atoms with Crippen molar-refractivity contribution < 1.29 is 19.2 Å². The predicted molar refractivity (Wildman–Crippen MR) is 63.2 cm³/mol. The van der Waals surface area contributed by atoms with E-state index in [0.717, 1.165) is 0 Å². The zero-order valence-corrected chi connectivity index (χ0v) is 10.8. The van der Waals surface area contributed by atoms with Crippen LogP contribution in [-0.4, -0.2) is 45.2 Å². The summed E-state index contributed by atoms with van der Waals surface area (Å²) in [5, 5.41) is 15.4. The number of aryl methyl sites for hydroxylation is 1. The molecule has 1 saturated heterocycles. The minimum atomic E-state index is -0.878. The van der Waals surface area contributed by atoms with Crippen LogP contribution in [0.25, 0.3) is 0 Å². The average molecular weight is 268 g/mol. The van der Waals surface area contributed by atoms with Gasteiger partial charge in [-0.25, -0.2) is 4.79 Å². The molecule has 1 atom stereocenters. The average Bonchev–Trinajstić information content (AvgIpc) is 2.94. The first-order chi connectivity index (χ1) is 8.90. The van der Waals surface area contributed by atoms with E-state index in [9.17, 15) is 9.59 Å². The molecular weight excluding hydrogens is 252 g/mol. The van der Waals surface area contributed by atoms with E-state index in [1.165, 1.54) is 4.90 Å². The molecule has 0 bridgehead atoms. The number of hydrogen-bond donors (Lipinski definition) is 2. The van der Waals surface area contributed by atoms with Crippen LogP contribution in [0.1, 0.15) is 25.1 Å². The van der Waals surface area contributed by atoms with Gasteiger partial charge < -0.3 is 19.8 Å². The second-order valence-corrected chi connectivity index (χ2v) is 4.93. The first kappa shape index (κ1) is 13.3. The summed E-state index contributed by atoms with van der Waals surface area (Å²) in [7, 11) is 0. The molecule has 1 aromatic rings. The highest BCUT2D eigenvalue weighted by Crippen LogP contribution is 2.29. The Balaban J connectivity index is 1.86. The summed E-state index contributed by atoms with van der Waals surface area (Å²) in [5.41, 5.74) is -0.861. The quantitative estimate of drug-likeness (QED) is 0.820. The molecule has 0 saturated carbocycles. The second-order valence-electron chi connectivity index (χ2n) is 4.93. The Labute approximate surface area is 109 Å². The molecular formula is C11H16N4O4. The fourth-order valence-electron chi connectivity index (χ4n) is 1.99. The van der Waals surface area contributed by atoms with E-state index >= 15 is 0 Å². The molecule has 0 radical (unpaired) electrons. The van der Waals surface area contributed by atoms with Crippen LogP contribution in [-0.2, 0) is 11.3 Å². The van der Waals surface area contributed by atoms with Crippen molar-refractivity contribution in [3.63, 3.8) is 0 Å². The van der Waals surface area contributed by atoms with Gasteiger partial charge in [-0.15, -0.1) is 0 Å². The molecule has 0 spiro atoms. The SMILES string of the molecule is Cc1nc(CNC(=O)N2CCC(C)(C(=O)O)C2)no1. The van der Waals surface area contributed by atoms with E-state index in [1.54, 1.807) is 13.8 Å². The lowest BCUT2D eigenvalue weighted by atomic mass is 9.90. The second kappa shape index (κ2) is 4.87. The van der Waals surface area contributed by atoms with E-state index in [4.69, 9.17) is 9.63 Å². The lowest BCUT2D eigenvalue weighted by Gasteiger charge is -2.20. The molecule has 2 N–H and O–H groups in total. The van der Waals surface area contributed by atoms with Gasteiger partial charge in [0.05, 0.1) is 12.0 Å². The van der Waals surface area contributed by atoms with Crippen molar-refractivity contribution >= 4 is 12.0 Å². The van der Waals surface area contributed by atoms with E-state index in [2.05, 4.69) is 15.5 Å². The highest BCUT2D eigenvalue weighted by atomic mass is 16.5. The maximum atomic E-state index is 11.9. The Morgan fingerprint density at radius 3 is 2.84 bits per heavy atom. The minimum Gasteiger partial charge on any atom is -0.481 e. The Morgan fingerprint density at radius 1 is 1.58 bits per heavy atom. The fraction of sp³-hybridized carbons (Fsp3) is 0.636. The summed E-state index contributed by atoms with van der Waals surface area (Å²) < 4.78 is 4.78. The third-order valence-electron chi connectivity index (χ3n) is 3.24. The molecule has 0 aromatic carbocycles. The number of carbonyl (C=O) groups is 2. The third kappa shape index (κ3) is 2.83. The van der Waals surface area contributed by atoms with Crippen LogP contribution in [0.15, 0.2) is 4.52 Å². The fourth-order valence-corrected chi connectivity index (χ4v) is 1.99. The number of rotatable bonds is 3. The number of nitrogens with zero attached hydrogens (tertiary/aromatic N) is 3. The van der Waals surface area contributed by atoms with Crippen LogP contribution in [0.3, 0.4) is 0 Å². The highest BCUT2D eigenvalue weighted by Gasteiger charge is 2.42. The molecule has 1 unspecified atom stereocenters. The van der Waals surface area contributed by atoms with E-state index in [-0.39, 0.29) is 19.1 Å². The van der Waals surface area contributed by atoms with Crippen molar-refractivity contribution in [3.8, 4) is 0 Å². The van der Waals surface area contributed by atoms with Crippen molar-refractivity contribution in [2.24, 2.45) is 5.41 Å². The summed E-state index contributed by atoms with van der Waals surface area (Å²) in [6.07, 6.45) is 0.455. The summed E-state index contributed by atoms with van der Waals surface area (Å²) >= 11 is 0. The molecule has 1 fully saturated rings. The standard InChI is InChI=1S/C11H16N4O4/c1-7-13-8(14-19-7)5-12-10(18)15-4-3-11(2,6-15)9(16)17/h3-6H2,1-2H3,(H,12,18)(H,16,17). The van der Waals surface area contributed by atoms with Crippen molar-refractivity contribution in [1.82, 2.24) is 20.4 Å². The Kier molecular flexibility index (Phi) is 3.41. The van der Waals surface area contributed by atoms with Gasteiger partial charge in [0.2, 0.25) is 5.89 Å². The van der Waals surface area contributed by atoms with Gasteiger partial charge in [0, 0.05) is 20.0 Å². The normalized spacial score (nSPS) is 22.5. The molecule has 8 heteroatoms. The number of hydrogen-bond acceptors (Lipinski definition) is 5. The summed E-state index contributed by atoms with van der Waals surface area (Å²) in [6.45, 7) is 4.11. The molecule has 8 nitrogen and oxygen atoms in total. The number of carboxylic acid groups (broad SMARTS) is 1. The number of carbonyl (C=O) groups excluding carboxylic acids is 1. The lowest BCUT2D eigenvalue weighted by Crippen LogP contribution is -2.40. The first-order valence-electron chi connectivity index (χ1n) is 5.96. The van der Waals surface area contributed by atoms with E-state index < -0.39 is 11.4 Å². The van der Waals surface area contributed by atoms with Gasteiger partial charge in [-0.05, 0) is 13.3 Å². The maximum Gasteiger partial charge on any atom is 0.317 e. The van der Waals surface area contributed by atoms with Gasteiger partial charge in [0.25, 0.3) is 0 Å². The molecule has 2 rings (SSSR count). The predicted octanol–water partition coefficient (Wildman–Crippen LogP) is 0.384. The number of nitrogens with one attached hydrogen (secondary N) is 1. The minimum absolute atomic E-state index is 0.163. The zero-order valence-electron chi connectivity index (χ0n) is 10.8. The number of carboxylic acids is 1. The largest absolute Gasteiger partial charge is 0.481 e. The summed E-state index contributed by atoms with van der Waals surface area (Å²) in [5.74, 6) is -0.0495. The molecule has 0 aliphatic carbocycles. The molecule has 2 heterocycles. The van der Waals surface area contributed by atoms with Gasteiger partial charge in [-0.1, -0.05) is 5.16 Å². The van der Waals surface area contributed by atoms with Gasteiger partial charge in [0.15, 0.2) is 5.82 Å². The molecule has 104 valence electrons. The van der Waals surface area contributed by atoms with Crippen molar-refractivity contribution in [1.29, 1.82) is 0 Å². The van der Waals surface area contributed by atoms with Gasteiger partial charge in [-0.2, -0.15) is 4.98 Å². The van der Waals surface area contributed by atoms with Crippen molar-refractivity contribution in [2.45, 2.75) is 26.8 Å². The molecule has 1 aliphatic rings. The van der Waals surface area contributed by atoms with Crippen molar-refractivity contribution in [3.05, 3.63) is 11.7 Å². The maximum absolute atomic E-state index is 11.9. The van der Waals surface area contributed by atoms with Crippen LogP contribution >= 0.6 is 0 Å². The molecule has 2 amide bonds. The Morgan fingerprint density at radius 2 is 2.32 bits per heavy atom. The zero-order chi connectivity index (χ0) is 14.0. The topological polar surface area (TPSA) is 109 Å². The summed E-state index contributed by atoms with van der Waals surface area (Å²) in [4.78, 5) is 28.4. The van der Waals surface area contributed by atoms with Crippen LogP contribution in [0.4, 0.5) is 4.79 Å². The Hall–Kier alpha value is -2.12. The summed E-state index contributed by atoms with van der Waals surface area (Å²) in [6, 6.07) is -0.313. The van der Waals surface area contributed by atoms with Crippen LogP contribution in [0.2, 0.25) is 0 Å².